The van der Waals surface area contributed by atoms with Gasteiger partial charge in [0.1, 0.15) is 0 Å². The maximum Gasteiger partial charge on any atom is 0.393 e. The van der Waals surface area contributed by atoms with Crippen LogP contribution in [0.2, 0.25) is 0 Å². The number of hydrogen-bond acceptors (Lipinski definition) is 2. The van der Waals surface area contributed by atoms with E-state index in [0.717, 1.165) is 32.7 Å². The summed E-state index contributed by atoms with van der Waals surface area (Å²) < 4.78 is 0. The smallest absolute Gasteiger partial charge is 0.0616 e. The lowest BCUT2D eigenvalue weighted by molar-refractivity contribution is 1.46. The first-order chi connectivity index (χ1) is 11.8. The molecule has 4 heteroatoms. The van der Waals surface area contributed by atoms with Crippen LogP contribution in [0.3, 0.4) is 0 Å². The topological polar surface area (TPSA) is 56.3 Å². The Bertz CT molecular complexity index is 1080. The van der Waals surface area contributed by atoms with Crippen LogP contribution in [0, 0.1) is 10.8 Å². The molecule has 0 aliphatic carbocycles. The van der Waals surface area contributed by atoms with Gasteiger partial charge >= 0.3 is 11.4 Å². The Hall–Kier alpha value is -3.76. The molecule has 0 heterocycles. The van der Waals surface area contributed by atoms with Crippen LogP contribution in [-0.4, -0.2) is 0 Å². The van der Waals surface area contributed by atoms with E-state index in [1.54, 1.807) is 12.1 Å². The van der Waals surface area contributed by atoms with Gasteiger partial charge in [-0.15, -0.1) is 0 Å². The lowest BCUT2D eigenvalue weighted by Gasteiger charge is -2.06. The van der Waals surface area contributed by atoms with Crippen LogP contribution in [0.5, 0.6) is 0 Å². The lowest BCUT2D eigenvalue weighted by Crippen LogP contribution is -1.86. The minimum Gasteiger partial charge on any atom is -0.0616 e. The first-order valence-corrected chi connectivity index (χ1v) is 7.57. The van der Waals surface area contributed by atoms with Crippen molar-refractivity contribution in [1.82, 2.24) is 0 Å². The minimum absolute atomic E-state index is 0.440. The van der Waals surface area contributed by atoms with Crippen LogP contribution >= 0.6 is 0 Å². The van der Waals surface area contributed by atoms with Gasteiger partial charge < -0.3 is 0 Å². The van der Waals surface area contributed by atoms with Crippen molar-refractivity contribution in [2.45, 2.75) is 0 Å². The van der Waals surface area contributed by atoms with Gasteiger partial charge in [0.25, 0.3) is 0 Å². The van der Waals surface area contributed by atoms with Crippen molar-refractivity contribution in [1.29, 1.82) is 10.8 Å². The average molecular weight is 308 g/mol. The third kappa shape index (κ3) is 1.99. The number of hydrogen-bond donors (Lipinski definition) is 0. The number of nitrogens with zero attached hydrogens (tertiary/aromatic N) is 4. The molecule has 0 aromatic heterocycles. The Morgan fingerprint density at radius 1 is 0.500 bits per heavy atom. The standard InChI is InChI=1S/C20H12N4/c21-23-17-11-9-13-5-1-3-7-15(13)19(17)20-16-8-4-2-6-14(16)10-12-18(20)24-22/h1-12H/q+2. The van der Waals surface area contributed by atoms with Crippen molar-refractivity contribution < 1.29 is 0 Å². The van der Waals surface area contributed by atoms with E-state index in [1.807, 2.05) is 60.7 Å². The van der Waals surface area contributed by atoms with Crippen molar-refractivity contribution >= 4 is 32.9 Å². The van der Waals surface area contributed by atoms with Gasteiger partial charge in [-0.3, -0.25) is 0 Å². The van der Waals surface area contributed by atoms with Gasteiger partial charge in [-0.05, 0) is 33.7 Å². The molecule has 4 aromatic rings. The normalized spacial score (nSPS) is 10.4. The molecule has 4 aromatic carbocycles. The average Bonchev–Trinajstić information content (AvgIpc) is 2.66. The van der Waals surface area contributed by atoms with E-state index in [4.69, 9.17) is 0 Å². The molecular weight excluding hydrogens is 296 g/mol. The molecule has 0 unspecified atom stereocenters. The Morgan fingerprint density at radius 2 is 0.917 bits per heavy atom. The highest BCUT2D eigenvalue weighted by atomic mass is 14.9. The maximum absolute atomic E-state index is 9.51. The van der Waals surface area contributed by atoms with Crippen LogP contribution < -0.4 is 0 Å². The Balaban J connectivity index is 2.26. The Labute approximate surface area is 138 Å². The minimum atomic E-state index is 0.440. The summed E-state index contributed by atoms with van der Waals surface area (Å²) in [6.07, 6.45) is 0. The van der Waals surface area contributed by atoms with Crippen molar-refractivity contribution in [2.24, 2.45) is 0 Å². The second-order valence-corrected chi connectivity index (χ2v) is 5.56. The summed E-state index contributed by atoms with van der Waals surface area (Å²) in [6, 6.07) is 23.1. The molecule has 0 fully saturated rings. The van der Waals surface area contributed by atoms with E-state index in [1.165, 1.54) is 0 Å². The Kier molecular flexibility index (Phi) is 3.16. The monoisotopic (exact) mass is 308 g/mol. The van der Waals surface area contributed by atoms with Gasteiger partial charge in [0.2, 0.25) is 10.8 Å². The highest BCUT2D eigenvalue weighted by molar-refractivity contribution is 6.13. The molecule has 0 saturated carbocycles. The molecule has 0 saturated heterocycles. The van der Waals surface area contributed by atoms with E-state index < -0.39 is 0 Å². The fraction of sp³-hybridized carbons (Fsp3) is 0. The van der Waals surface area contributed by atoms with Gasteiger partial charge in [-0.1, -0.05) is 48.5 Å². The zero-order valence-electron chi connectivity index (χ0n) is 12.7. The van der Waals surface area contributed by atoms with Crippen LogP contribution in [0.1, 0.15) is 0 Å². The van der Waals surface area contributed by atoms with Gasteiger partial charge in [-0.25, -0.2) is 0 Å². The van der Waals surface area contributed by atoms with Crippen LogP contribution in [-0.2, 0) is 0 Å². The van der Waals surface area contributed by atoms with E-state index in [2.05, 4.69) is 9.95 Å². The molecule has 0 aliphatic heterocycles. The number of fused-ring (bicyclic) bond motifs is 2. The Morgan fingerprint density at radius 3 is 1.33 bits per heavy atom. The zero-order chi connectivity index (χ0) is 16.5. The summed E-state index contributed by atoms with van der Waals surface area (Å²) in [7, 11) is 0. The molecule has 0 bridgehead atoms. The predicted molar refractivity (Wildman–Crippen MR) is 96.4 cm³/mol. The molecule has 24 heavy (non-hydrogen) atoms. The first-order valence-electron chi connectivity index (χ1n) is 7.57. The van der Waals surface area contributed by atoms with Crippen LogP contribution in [0.4, 0.5) is 11.4 Å². The molecule has 0 aliphatic rings. The molecule has 0 radical (unpaired) electrons. The number of benzene rings is 4. The fourth-order valence-electron chi connectivity index (χ4n) is 3.21. The summed E-state index contributed by atoms with van der Waals surface area (Å²) in [4.78, 5) is 6.91. The van der Waals surface area contributed by atoms with Crippen LogP contribution in [0.15, 0.2) is 72.8 Å². The summed E-state index contributed by atoms with van der Waals surface area (Å²) in [5.74, 6) is 0. The van der Waals surface area contributed by atoms with E-state index in [0.29, 0.717) is 11.4 Å². The van der Waals surface area contributed by atoms with E-state index in [9.17, 15) is 10.8 Å². The maximum atomic E-state index is 9.51. The molecule has 0 amide bonds. The summed E-state index contributed by atoms with van der Waals surface area (Å²) >= 11 is 0. The third-order valence-corrected chi connectivity index (χ3v) is 4.28. The second-order valence-electron chi connectivity index (χ2n) is 5.56. The van der Waals surface area contributed by atoms with Crippen molar-refractivity contribution in [2.75, 3.05) is 0 Å². The van der Waals surface area contributed by atoms with E-state index >= 15 is 0 Å². The third-order valence-electron chi connectivity index (χ3n) is 4.28. The lowest BCUT2D eigenvalue weighted by atomic mass is 9.91. The van der Waals surface area contributed by atoms with Gasteiger partial charge in [-0.2, -0.15) is 0 Å². The molecular formula is C20H12N4+2. The summed E-state index contributed by atoms with van der Waals surface area (Å²) in [6.45, 7) is 0. The SMILES string of the molecule is N#[N+]c1ccc2ccccc2c1-c1c([N+]#N)ccc2ccccc12. The largest absolute Gasteiger partial charge is 0.393 e. The van der Waals surface area contributed by atoms with E-state index in [-0.39, 0.29) is 0 Å². The quantitative estimate of drug-likeness (QED) is 0.370. The molecule has 4 nitrogen and oxygen atoms in total. The van der Waals surface area contributed by atoms with Gasteiger partial charge in [0.05, 0.1) is 11.1 Å². The molecule has 0 atom stereocenters. The zero-order valence-corrected chi connectivity index (χ0v) is 12.7. The van der Waals surface area contributed by atoms with Crippen molar-refractivity contribution in [3.8, 4) is 11.1 Å². The van der Waals surface area contributed by atoms with Crippen molar-refractivity contribution in [3.05, 3.63) is 82.7 Å². The highest BCUT2D eigenvalue weighted by Crippen LogP contribution is 2.45. The molecule has 0 spiro atoms. The molecule has 0 N–H and O–H groups in total. The summed E-state index contributed by atoms with van der Waals surface area (Å²) in [5.41, 5.74) is 2.38. The second kappa shape index (κ2) is 5.46. The molecule has 4 rings (SSSR count). The fourth-order valence-corrected chi connectivity index (χ4v) is 3.21. The predicted octanol–water partition coefficient (Wildman–Crippen LogP) is 6.63. The summed E-state index contributed by atoms with van der Waals surface area (Å²) in [5, 5.41) is 22.9. The van der Waals surface area contributed by atoms with Crippen LogP contribution in [0.25, 0.3) is 42.6 Å². The van der Waals surface area contributed by atoms with Gasteiger partial charge in [0.15, 0.2) is 9.95 Å². The number of diazo groups is 2. The first kappa shape index (κ1) is 13.9. The highest BCUT2D eigenvalue weighted by Gasteiger charge is 2.28. The van der Waals surface area contributed by atoms with Gasteiger partial charge in [0, 0.05) is 12.1 Å². The van der Waals surface area contributed by atoms with Crippen molar-refractivity contribution in [3.63, 3.8) is 0 Å². The number of rotatable bonds is 1. The molecule has 110 valence electrons.